The van der Waals surface area contributed by atoms with Crippen molar-refractivity contribution in [2.24, 2.45) is 0 Å². The Morgan fingerprint density at radius 1 is 1.29 bits per heavy atom. The van der Waals surface area contributed by atoms with Crippen molar-refractivity contribution in [2.45, 2.75) is 39.0 Å². The first-order valence-electron chi connectivity index (χ1n) is 7.24. The lowest BCUT2D eigenvalue weighted by molar-refractivity contribution is -0.0397. The highest BCUT2D eigenvalue weighted by atomic mass is 35.5. The minimum absolute atomic E-state index is 0.457. The largest absolute Gasteiger partial charge is 0.384 e. The normalized spacial score (nSPS) is 14.1. The summed E-state index contributed by atoms with van der Waals surface area (Å²) in [7, 11) is 0. The van der Waals surface area contributed by atoms with Gasteiger partial charge in [0.05, 0.1) is 16.9 Å². The molecule has 0 radical (unpaired) electrons. The van der Waals surface area contributed by atoms with Gasteiger partial charge in [0.25, 0.3) is 0 Å². The molecule has 0 amide bonds. The van der Waals surface area contributed by atoms with E-state index in [4.69, 9.17) is 16.3 Å². The highest BCUT2D eigenvalue weighted by Crippen LogP contribution is 2.35. The molecule has 2 unspecified atom stereocenters. The van der Waals surface area contributed by atoms with E-state index in [1.807, 2.05) is 37.3 Å². The molecule has 21 heavy (non-hydrogen) atoms. The number of rotatable bonds is 7. The quantitative estimate of drug-likeness (QED) is 0.847. The van der Waals surface area contributed by atoms with Crippen LogP contribution in [0.2, 0.25) is 5.02 Å². The van der Waals surface area contributed by atoms with Gasteiger partial charge in [-0.3, -0.25) is 4.68 Å². The van der Waals surface area contributed by atoms with E-state index in [9.17, 15) is 5.11 Å². The van der Waals surface area contributed by atoms with Crippen molar-refractivity contribution in [3.8, 4) is 0 Å². The van der Waals surface area contributed by atoms with Gasteiger partial charge in [0.2, 0.25) is 0 Å². The zero-order valence-electron chi connectivity index (χ0n) is 12.4. The van der Waals surface area contributed by atoms with E-state index in [-0.39, 0.29) is 0 Å². The summed E-state index contributed by atoms with van der Waals surface area (Å²) in [6.07, 6.45) is 1.18. The van der Waals surface area contributed by atoms with Crippen LogP contribution in [0.4, 0.5) is 0 Å². The average molecular weight is 309 g/mol. The number of halogens is 1. The molecular weight excluding hydrogens is 288 g/mol. The van der Waals surface area contributed by atoms with Gasteiger partial charge < -0.3 is 9.84 Å². The lowest BCUT2D eigenvalue weighted by Crippen LogP contribution is -2.19. The second-order valence-corrected chi connectivity index (χ2v) is 5.24. The van der Waals surface area contributed by atoms with Gasteiger partial charge in [0.1, 0.15) is 12.2 Å². The number of aryl methyl sites for hydroxylation is 1. The molecule has 0 aliphatic carbocycles. The van der Waals surface area contributed by atoms with Crippen molar-refractivity contribution in [3.05, 3.63) is 52.8 Å². The average Bonchev–Trinajstić information content (AvgIpc) is 2.86. The van der Waals surface area contributed by atoms with Gasteiger partial charge in [-0.2, -0.15) is 5.10 Å². The van der Waals surface area contributed by atoms with Gasteiger partial charge in [-0.25, -0.2) is 0 Å². The van der Waals surface area contributed by atoms with Crippen LogP contribution in [-0.4, -0.2) is 21.5 Å². The molecule has 0 fully saturated rings. The Balaban J connectivity index is 2.35. The fraction of sp³-hybridized carbons (Fsp3) is 0.438. The molecule has 0 aliphatic rings. The summed E-state index contributed by atoms with van der Waals surface area (Å²) in [4.78, 5) is 0. The number of hydrogen-bond donors (Lipinski definition) is 1. The molecule has 2 rings (SSSR count). The van der Waals surface area contributed by atoms with Gasteiger partial charge in [0, 0.05) is 13.2 Å². The van der Waals surface area contributed by atoms with Crippen molar-refractivity contribution in [1.29, 1.82) is 0 Å². The summed E-state index contributed by atoms with van der Waals surface area (Å²) in [5.74, 6) is 0. The first kappa shape index (κ1) is 16.0. The van der Waals surface area contributed by atoms with Crippen LogP contribution in [-0.2, 0) is 11.3 Å². The number of aliphatic hydroxyl groups excluding tert-OH is 1. The molecule has 0 spiro atoms. The molecule has 1 N–H and O–H groups in total. The highest BCUT2D eigenvalue weighted by molar-refractivity contribution is 6.31. The molecule has 2 atom stereocenters. The second kappa shape index (κ2) is 7.59. The zero-order chi connectivity index (χ0) is 15.2. The third-order valence-electron chi connectivity index (χ3n) is 3.31. The first-order chi connectivity index (χ1) is 10.2. The summed E-state index contributed by atoms with van der Waals surface area (Å²) in [6, 6.07) is 9.68. The van der Waals surface area contributed by atoms with Gasteiger partial charge >= 0.3 is 0 Å². The fourth-order valence-electron chi connectivity index (χ4n) is 2.39. The maximum absolute atomic E-state index is 10.8. The molecule has 1 heterocycles. The lowest BCUT2D eigenvalue weighted by atomic mass is 10.0. The molecule has 4 nitrogen and oxygen atoms in total. The van der Waals surface area contributed by atoms with Crippen molar-refractivity contribution in [3.63, 3.8) is 0 Å². The summed E-state index contributed by atoms with van der Waals surface area (Å²) in [5.41, 5.74) is 1.54. The van der Waals surface area contributed by atoms with Crippen molar-refractivity contribution < 1.29 is 9.84 Å². The number of hydrogen-bond acceptors (Lipinski definition) is 3. The van der Waals surface area contributed by atoms with Crippen LogP contribution in [0.5, 0.6) is 0 Å². The zero-order valence-corrected chi connectivity index (χ0v) is 13.1. The number of aromatic nitrogens is 2. The maximum Gasteiger partial charge on any atom is 0.127 e. The van der Waals surface area contributed by atoms with E-state index < -0.39 is 12.2 Å². The van der Waals surface area contributed by atoms with Crippen molar-refractivity contribution >= 4 is 11.6 Å². The van der Waals surface area contributed by atoms with Crippen LogP contribution in [0.1, 0.15) is 43.7 Å². The van der Waals surface area contributed by atoms with Gasteiger partial charge in [-0.05, 0) is 18.9 Å². The Labute approximate surface area is 130 Å². The van der Waals surface area contributed by atoms with E-state index in [0.717, 1.165) is 12.0 Å². The van der Waals surface area contributed by atoms with Crippen LogP contribution in [0, 0.1) is 0 Å². The van der Waals surface area contributed by atoms with E-state index in [0.29, 0.717) is 23.9 Å². The van der Waals surface area contributed by atoms with E-state index in [1.54, 1.807) is 10.9 Å². The monoisotopic (exact) mass is 308 g/mol. The third kappa shape index (κ3) is 3.64. The van der Waals surface area contributed by atoms with Crippen molar-refractivity contribution in [2.75, 3.05) is 6.61 Å². The van der Waals surface area contributed by atoms with Crippen molar-refractivity contribution in [1.82, 2.24) is 9.78 Å². The van der Waals surface area contributed by atoms with Crippen LogP contribution in [0.3, 0.4) is 0 Å². The fourth-order valence-corrected chi connectivity index (χ4v) is 2.64. The Morgan fingerprint density at radius 3 is 2.62 bits per heavy atom. The summed E-state index contributed by atoms with van der Waals surface area (Å²) in [5, 5.41) is 15.5. The van der Waals surface area contributed by atoms with Gasteiger partial charge in [0.15, 0.2) is 0 Å². The number of nitrogens with zero attached hydrogens (tertiary/aromatic N) is 2. The van der Waals surface area contributed by atoms with E-state index in [2.05, 4.69) is 12.0 Å². The number of ether oxygens (including phenoxy) is 1. The van der Waals surface area contributed by atoms with Crippen LogP contribution in [0.25, 0.3) is 0 Å². The molecule has 114 valence electrons. The summed E-state index contributed by atoms with van der Waals surface area (Å²) in [6.45, 7) is 5.19. The Morgan fingerprint density at radius 2 is 2.00 bits per heavy atom. The van der Waals surface area contributed by atoms with Gasteiger partial charge in [-0.15, -0.1) is 0 Å². The maximum atomic E-state index is 10.8. The standard InChI is InChI=1S/C16H21ClN2O2/c1-3-10-19-14(13(17)11-18-19)15(20)16(21-4-2)12-8-6-5-7-9-12/h5-9,11,15-16,20H,3-4,10H2,1-2H3. The summed E-state index contributed by atoms with van der Waals surface area (Å²) >= 11 is 6.21. The first-order valence-corrected chi connectivity index (χ1v) is 7.62. The number of benzene rings is 1. The van der Waals surface area contributed by atoms with Crippen LogP contribution >= 0.6 is 11.6 Å². The van der Waals surface area contributed by atoms with E-state index in [1.165, 1.54) is 0 Å². The van der Waals surface area contributed by atoms with Crippen LogP contribution in [0.15, 0.2) is 36.5 Å². The van der Waals surface area contributed by atoms with Gasteiger partial charge in [-0.1, -0.05) is 48.9 Å². The van der Waals surface area contributed by atoms with E-state index >= 15 is 0 Å². The molecule has 0 saturated heterocycles. The third-order valence-corrected chi connectivity index (χ3v) is 3.60. The summed E-state index contributed by atoms with van der Waals surface area (Å²) < 4.78 is 7.50. The topological polar surface area (TPSA) is 47.3 Å². The SMILES string of the molecule is CCCn1ncc(Cl)c1C(O)C(OCC)c1ccccc1. The Bertz CT molecular complexity index is 557. The number of aliphatic hydroxyl groups is 1. The minimum Gasteiger partial charge on any atom is -0.384 e. The second-order valence-electron chi connectivity index (χ2n) is 4.83. The lowest BCUT2D eigenvalue weighted by Gasteiger charge is -2.24. The molecule has 5 heteroatoms. The smallest absolute Gasteiger partial charge is 0.127 e. The van der Waals surface area contributed by atoms with Crippen LogP contribution < -0.4 is 0 Å². The molecule has 2 aromatic rings. The highest BCUT2D eigenvalue weighted by Gasteiger charge is 2.28. The Hall–Kier alpha value is -1.36. The molecular formula is C16H21ClN2O2. The molecule has 0 aliphatic heterocycles. The molecule has 1 aromatic heterocycles. The minimum atomic E-state index is -0.853. The molecule has 1 aromatic carbocycles. The molecule has 0 saturated carbocycles. The Kier molecular flexibility index (Phi) is 5.79. The predicted molar refractivity (Wildman–Crippen MR) is 83.3 cm³/mol. The molecule has 0 bridgehead atoms. The predicted octanol–water partition coefficient (Wildman–Crippen LogP) is 3.76.